The molecule has 0 aliphatic rings. The van der Waals surface area contributed by atoms with Crippen molar-refractivity contribution in [3.05, 3.63) is 41.0 Å². The summed E-state index contributed by atoms with van der Waals surface area (Å²) in [6.45, 7) is 3.66. The molecule has 0 spiro atoms. The van der Waals surface area contributed by atoms with Gasteiger partial charge in [-0.2, -0.15) is 4.98 Å². The zero-order valence-electron chi connectivity index (χ0n) is 10.2. The van der Waals surface area contributed by atoms with Crippen LogP contribution >= 0.6 is 23.4 Å². The number of hydrogen-bond donors (Lipinski definition) is 1. The van der Waals surface area contributed by atoms with Crippen LogP contribution in [0.3, 0.4) is 0 Å². The van der Waals surface area contributed by atoms with Gasteiger partial charge in [0.05, 0.1) is 11.3 Å². The van der Waals surface area contributed by atoms with Crippen LogP contribution in [0, 0.1) is 0 Å². The lowest BCUT2D eigenvalue weighted by molar-refractivity contribution is 0.310. The molecule has 2 N–H and O–H groups in total. The number of benzene rings is 1. The molecule has 0 saturated heterocycles. The van der Waals surface area contributed by atoms with Gasteiger partial charge in [0.25, 0.3) is 0 Å². The highest BCUT2D eigenvalue weighted by Gasteiger charge is 2.22. The van der Waals surface area contributed by atoms with E-state index in [9.17, 15) is 0 Å². The van der Waals surface area contributed by atoms with Gasteiger partial charge in [-0.15, -0.1) is 11.8 Å². The highest BCUT2D eigenvalue weighted by Crippen LogP contribution is 2.25. The topological polar surface area (TPSA) is 64.9 Å². The minimum atomic E-state index is -0.605. The fraction of sp³-hybridized carbons (Fsp3) is 0.333. The summed E-state index contributed by atoms with van der Waals surface area (Å²) >= 11 is 7.51. The second kappa shape index (κ2) is 5.30. The molecule has 0 radical (unpaired) electrons. The van der Waals surface area contributed by atoms with Crippen LogP contribution in [0.1, 0.15) is 25.6 Å². The van der Waals surface area contributed by atoms with Crippen LogP contribution in [0.25, 0.3) is 0 Å². The fourth-order valence-electron chi connectivity index (χ4n) is 1.28. The van der Waals surface area contributed by atoms with Crippen molar-refractivity contribution in [3.63, 3.8) is 0 Å². The maximum Gasteiger partial charge on any atom is 0.246 e. The van der Waals surface area contributed by atoms with Crippen molar-refractivity contribution in [2.75, 3.05) is 0 Å². The van der Waals surface area contributed by atoms with Crippen LogP contribution in [0.4, 0.5) is 0 Å². The summed E-state index contributed by atoms with van der Waals surface area (Å²) in [5, 5.41) is 4.62. The van der Waals surface area contributed by atoms with E-state index in [1.165, 1.54) is 0 Å². The summed E-state index contributed by atoms with van der Waals surface area (Å²) in [6.07, 6.45) is 0. The molecule has 2 rings (SSSR count). The Balaban J connectivity index is 2.01. The van der Waals surface area contributed by atoms with E-state index in [1.807, 2.05) is 38.1 Å². The summed E-state index contributed by atoms with van der Waals surface area (Å²) in [5.41, 5.74) is 5.27. The third-order valence-electron chi connectivity index (χ3n) is 2.18. The largest absolute Gasteiger partial charge is 0.337 e. The normalized spacial score (nSPS) is 11.8. The minimum Gasteiger partial charge on any atom is -0.337 e. The summed E-state index contributed by atoms with van der Waals surface area (Å²) in [5.74, 6) is 1.71. The average molecular weight is 284 g/mol. The van der Waals surface area contributed by atoms with Gasteiger partial charge in [0.2, 0.25) is 5.89 Å². The first kappa shape index (κ1) is 13.4. The second-order valence-corrected chi connectivity index (χ2v) is 5.97. The molecular weight excluding hydrogens is 270 g/mol. The Hall–Kier alpha value is -1.04. The maximum absolute atomic E-state index is 5.91. The smallest absolute Gasteiger partial charge is 0.246 e. The van der Waals surface area contributed by atoms with Crippen molar-refractivity contribution in [1.29, 1.82) is 0 Å². The van der Waals surface area contributed by atoms with E-state index in [0.29, 0.717) is 17.5 Å². The molecule has 0 bridgehead atoms. The second-order valence-electron chi connectivity index (χ2n) is 4.48. The molecule has 1 aromatic heterocycles. The zero-order valence-corrected chi connectivity index (χ0v) is 11.8. The van der Waals surface area contributed by atoms with Gasteiger partial charge in [-0.3, -0.25) is 0 Å². The first-order chi connectivity index (χ1) is 8.45. The van der Waals surface area contributed by atoms with Gasteiger partial charge in [-0.05, 0) is 32.0 Å². The quantitative estimate of drug-likeness (QED) is 0.873. The van der Waals surface area contributed by atoms with Crippen LogP contribution in [-0.4, -0.2) is 10.1 Å². The van der Waals surface area contributed by atoms with Crippen LogP contribution < -0.4 is 5.73 Å². The van der Waals surface area contributed by atoms with Gasteiger partial charge in [-0.25, -0.2) is 0 Å². The number of thioether (sulfide) groups is 1. The van der Waals surface area contributed by atoms with Gasteiger partial charge in [-0.1, -0.05) is 22.8 Å². The Morgan fingerprint density at radius 2 is 2.22 bits per heavy atom. The first-order valence-corrected chi connectivity index (χ1v) is 6.82. The van der Waals surface area contributed by atoms with Crippen LogP contribution in [0.2, 0.25) is 5.02 Å². The van der Waals surface area contributed by atoms with Crippen molar-refractivity contribution >= 4 is 23.4 Å². The van der Waals surface area contributed by atoms with Gasteiger partial charge in [0.15, 0.2) is 5.82 Å². The van der Waals surface area contributed by atoms with Crippen LogP contribution in [-0.2, 0) is 11.3 Å². The van der Waals surface area contributed by atoms with Crippen LogP contribution in [0.5, 0.6) is 0 Å². The lowest BCUT2D eigenvalue weighted by atomic mass is 10.1. The lowest BCUT2D eigenvalue weighted by Crippen LogP contribution is -2.29. The Morgan fingerprint density at radius 3 is 2.83 bits per heavy atom. The fourth-order valence-corrected chi connectivity index (χ4v) is 2.33. The standard InChI is InChI=1S/C12H14ClN3OS/c1-12(2,14)11-15-10(16-17-11)7-18-9-5-3-4-8(13)6-9/h3-6H,7,14H2,1-2H3. The molecule has 4 nitrogen and oxygen atoms in total. The van der Waals surface area contributed by atoms with Crippen LogP contribution in [0.15, 0.2) is 33.7 Å². The minimum absolute atomic E-state index is 0.448. The van der Waals surface area contributed by atoms with Gasteiger partial charge in [0, 0.05) is 9.92 Å². The maximum atomic E-state index is 5.91. The van der Waals surface area contributed by atoms with E-state index in [-0.39, 0.29) is 0 Å². The monoisotopic (exact) mass is 283 g/mol. The third kappa shape index (κ3) is 3.48. The van der Waals surface area contributed by atoms with Gasteiger partial charge < -0.3 is 10.3 Å². The number of rotatable bonds is 4. The molecule has 1 heterocycles. The first-order valence-electron chi connectivity index (χ1n) is 5.45. The van der Waals surface area contributed by atoms with Gasteiger partial charge >= 0.3 is 0 Å². The molecule has 18 heavy (non-hydrogen) atoms. The molecular formula is C12H14ClN3OS. The van der Waals surface area contributed by atoms with E-state index in [0.717, 1.165) is 9.92 Å². The van der Waals surface area contributed by atoms with Crippen molar-refractivity contribution < 1.29 is 4.52 Å². The highest BCUT2D eigenvalue weighted by atomic mass is 35.5. The van der Waals surface area contributed by atoms with Crippen molar-refractivity contribution in [2.45, 2.75) is 30.0 Å². The molecule has 6 heteroatoms. The third-order valence-corrected chi connectivity index (χ3v) is 3.41. The number of aromatic nitrogens is 2. The summed E-state index contributed by atoms with van der Waals surface area (Å²) in [4.78, 5) is 5.33. The Labute approximate surface area is 115 Å². The van der Waals surface area contributed by atoms with Crippen molar-refractivity contribution in [1.82, 2.24) is 10.1 Å². The lowest BCUT2D eigenvalue weighted by Gasteiger charge is -2.10. The summed E-state index contributed by atoms with van der Waals surface area (Å²) in [7, 11) is 0. The number of halogens is 1. The van der Waals surface area contributed by atoms with E-state index in [2.05, 4.69) is 10.1 Å². The molecule has 0 aliphatic carbocycles. The van der Waals surface area contributed by atoms with Crippen molar-refractivity contribution in [3.8, 4) is 0 Å². The van der Waals surface area contributed by atoms with E-state index < -0.39 is 5.54 Å². The van der Waals surface area contributed by atoms with Crippen molar-refractivity contribution in [2.24, 2.45) is 5.73 Å². The highest BCUT2D eigenvalue weighted by molar-refractivity contribution is 7.98. The molecule has 0 atom stereocenters. The summed E-state index contributed by atoms with van der Waals surface area (Å²) < 4.78 is 5.12. The predicted octanol–water partition coefficient (Wildman–Crippen LogP) is 3.21. The number of nitrogens with two attached hydrogens (primary N) is 1. The molecule has 0 unspecified atom stereocenters. The Morgan fingerprint density at radius 1 is 1.44 bits per heavy atom. The number of hydrogen-bond acceptors (Lipinski definition) is 5. The zero-order chi connectivity index (χ0) is 13.2. The Bertz CT molecular complexity index is 536. The summed E-state index contributed by atoms with van der Waals surface area (Å²) in [6, 6.07) is 7.65. The molecule has 0 saturated carbocycles. The molecule has 1 aromatic carbocycles. The van der Waals surface area contributed by atoms with Gasteiger partial charge in [0.1, 0.15) is 0 Å². The molecule has 0 fully saturated rings. The van der Waals surface area contributed by atoms with E-state index in [4.69, 9.17) is 21.9 Å². The molecule has 0 amide bonds. The van der Waals surface area contributed by atoms with E-state index >= 15 is 0 Å². The molecule has 0 aliphatic heterocycles. The Kier molecular flexibility index (Phi) is 3.94. The average Bonchev–Trinajstić information content (AvgIpc) is 2.74. The van der Waals surface area contributed by atoms with E-state index in [1.54, 1.807) is 11.8 Å². The predicted molar refractivity (Wildman–Crippen MR) is 72.5 cm³/mol. The molecule has 2 aromatic rings. The number of nitrogens with zero attached hydrogens (tertiary/aromatic N) is 2. The SMILES string of the molecule is CC(C)(N)c1nc(CSc2cccc(Cl)c2)no1. The molecule has 96 valence electrons.